The molecule has 0 aromatic carbocycles. The van der Waals surface area contributed by atoms with Crippen molar-refractivity contribution in [1.82, 2.24) is 9.88 Å². The Hall–Kier alpha value is -1.20. The highest BCUT2D eigenvalue weighted by atomic mass is 32.1. The van der Waals surface area contributed by atoms with E-state index < -0.39 is 0 Å². The van der Waals surface area contributed by atoms with Gasteiger partial charge in [-0.25, -0.2) is 0 Å². The van der Waals surface area contributed by atoms with Crippen molar-refractivity contribution < 1.29 is 0 Å². The van der Waals surface area contributed by atoms with Gasteiger partial charge in [0.25, 0.3) is 0 Å². The summed E-state index contributed by atoms with van der Waals surface area (Å²) in [4.78, 5) is 7.39. The molecule has 1 aromatic rings. The number of thiocarbonyl (C=S) groups is 1. The van der Waals surface area contributed by atoms with Crippen LogP contribution in [-0.4, -0.2) is 41.1 Å². The lowest BCUT2D eigenvalue weighted by Crippen LogP contribution is -2.35. The number of hydrogen-bond donors (Lipinski definition) is 2. The standard InChI is InChI=1S/C16H26N4S/c1-4-20-7-5-13(6-8-20)10-18-14-9-11(2)19-12(3)15(14)16(17)21/h9,13H,4-8,10H2,1-3H3,(H2,17,21)(H,18,19). The summed E-state index contributed by atoms with van der Waals surface area (Å²) in [6.07, 6.45) is 2.51. The second kappa shape index (κ2) is 7.18. The first kappa shape index (κ1) is 16.2. The summed E-state index contributed by atoms with van der Waals surface area (Å²) in [6.45, 7) is 10.8. The van der Waals surface area contributed by atoms with E-state index in [0.29, 0.717) is 4.99 Å². The van der Waals surface area contributed by atoms with Gasteiger partial charge in [-0.3, -0.25) is 4.98 Å². The number of aromatic nitrogens is 1. The summed E-state index contributed by atoms with van der Waals surface area (Å²) >= 11 is 5.17. The molecule has 0 spiro atoms. The molecule has 3 N–H and O–H groups in total. The van der Waals surface area contributed by atoms with E-state index in [0.717, 1.165) is 41.6 Å². The van der Waals surface area contributed by atoms with Crippen molar-refractivity contribution in [3.63, 3.8) is 0 Å². The summed E-state index contributed by atoms with van der Waals surface area (Å²) in [7, 11) is 0. The van der Waals surface area contributed by atoms with Crippen LogP contribution < -0.4 is 11.1 Å². The van der Waals surface area contributed by atoms with Gasteiger partial charge in [0.05, 0.1) is 5.56 Å². The van der Waals surface area contributed by atoms with E-state index in [-0.39, 0.29) is 0 Å². The molecule has 0 unspecified atom stereocenters. The van der Waals surface area contributed by atoms with Crippen LogP contribution in [0.1, 0.15) is 36.7 Å². The van der Waals surface area contributed by atoms with E-state index in [1.54, 1.807) is 0 Å². The monoisotopic (exact) mass is 306 g/mol. The van der Waals surface area contributed by atoms with Crippen molar-refractivity contribution in [2.45, 2.75) is 33.6 Å². The lowest BCUT2D eigenvalue weighted by Gasteiger charge is -2.31. The van der Waals surface area contributed by atoms with Crippen molar-refractivity contribution in [3.05, 3.63) is 23.0 Å². The molecule has 4 nitrogen and oxygen atoms in total. The first-order valence-corrected chi connectivity index (χ1v) is 8.16. The molecule has 1 aliphatic rings. The molecular formula is C16H26N4S. The number of nitrogens with zero attached hydrogens (tertiary/aromatic N) is 2. The third-order valence-corrected chi connectivity index (χ3v) is 4.51. The predicted octanol–water partition coefficient (Wildman–Crippen LogP) is 2.48. The van der Waals surface area contributed by atoms with Gasteiger partial charge in [-0.15, -0.1) is 0 Å². The van der Waals surface area contributed by atoms with Crippen LogP contribution in [0, 0.1) is 19.8 Å². The number of piperidine rings is 1. The maximum absolute atomic E-state index is 5.86. The number of anilines is 1. The van der Waals surface area contributed by atoms with E-state index in [2.05, 4.69) is 22.1 Å². The number of likely N-dealkylation sites (tertiary alicyclic amines) is 1. The minimum atomic E-state index is 0.420. The summed E-state index contributed by atoms with van der Waals surface area (Å²) < 4.78 is 0. The highest BCUT2D eigenvalue weighted by Gasteiger charge is 2.19. The number of rotatable bonds is 5. The van der Waals surface area contributed by atoms with Gasteiger partial charge < -0.3 is 16.0 Å². The molecule has 0 saturated carbocycles. The number of nitrogens with one attached hydrogen (secondary N) is 1. The molecule has 116 valence electrons. The van der Waals surface area contributed by atoms with E-state index in [1.807, 2.05) is 19.9 Å². The second-order valence-electron chi connectivity index (χ2n) is 5.89. The van der Waals surface area contributed by atoms with Gasteiger partial charge in [-0.1, -0.05) is 19.1 Å². The van der Waals surface area contributed by atoms with Gasteiger partial charge in [-0.2, -0.15) is 0 Å². The van der Waals surface area contributed by atoms with Crippen LogP contribution in [0.4, 0.5) is 5.69 Å². The Morgan fingerprint density at radius 2 is 2.10 bits per heavy atom. The van der Waals surface area contributed by atoms with Crippen molar-refractivity contribution in [3.8, 4) is 0 Å². The molecule has 0 radical (unpaired) electrons. The molecule has 1 fully saturated rings. The summed E-state index contributed by atoms with van der Waals surface area (Å²) in [5.41, 5.74) is 9.68. The Bertz CT molecular complexity index is 507. The first-order chi connectivity index (χ1) is 10.0. The topological polar surface area (TPSA) is 54.2 Å². The molecular weight excluding hydrogens is 280 g/mol. The number of aryl methyl sites for hydroxylation is 2. The van der Waals surface area contributed by atoms with Gasteiger partial charge in [0.1, 0.15) is 4.99 Å². The minimum Gasteiger partial charge on any atom is -0.389 e. The number of nitrogens with two attached hydrogens (primary N) is 1. The molecule has 0 atom stereocenters. The van der Waals surface area contributed by atoms with E-state index >= 15 is 0 Å². The van der Waals surface area contributed by atoms with Gasteiger partial charge in [-0.05, 0) is 58.3 Å². The normalized spacial score (nSPS) is 16.9. The highest BCUT2D eigenvalue weighted by molar-refractivity contribution is 7.80. The second-order valence-corrected chi connectivity index (χ2v) is 6.33. The Labute approximate surface area is 133 Å². The van der Waals surface area contributed by atoms with Crippen LogP contribution in [0.2, 0.25) is 0 Å². The van der Waals surface area contributed by atoms with Gasteiger partial charge >= 0.3 is 0 Å². The zero-order chi connectivity index (χ0) is 15.4. The van der Waals surface area contributed by atoms with Crippen molar-refractivity contribution in [2.75, 3.05) is 31.5 Å². The van der Waals surface area contributed by atoms with Crippen LogP contribution >= 0.6 is 12.2 Å². The van der Waals surface area contributed by atoms with Gasteiger partial charge in [0, 0.05) is 23.6 Å². The van der Waals surface area contributed by atoms with Crippen molar-refractivity contribution in [1.29, 1.82) is 0 Å². The smallest absolute Gasteiger partial charge is 0.107 e. The zero-order valence-electron chi connectivity index (χ0n) is 13.3. The molecule has 2 rings (SSSR count). The third kappa shape index (κ3) is 4.14. The fourth-order valence-electron chi connectivity index (χ4n) is 3.04. The molecule has 0 amide bonds. The Balaban J connectivity index is 2.02. The molecule has 5 heteroatoms. The summed E-state index contributed by atoms with van der Waals surface area (Å²) in [6, 6.07) is 2.04. The SMILES string of the molecule is CCN1CCC(CNc2cc(C)nc(C)c2C(N)=S)CC1. The van der Waals surface area contributed by atoms with Crippen LogP contribution in [0.25, 0.3) is 0 Å². The number of pyridine rings is 1. The maximum atomic E-state index is 5.86. The average molecular weight is 306 g/mol. The molecule has 1 saturated heterocycles. The van der Waals surface area contributed by atoms with E-state index in [9.17, 15) is 0 Å². The van der Waals surface area contributed by atoms with Crippen LogP contribution in [-0.2, 0) is 0 Å². The molecule has 0 aliphatic carbocycles. The molecule has 1 aromatic heterocycles. The quantitative estimate of drug-likeness (QED) is 0.819. The summed E-state index contributed by atoms with van der Waals surface area (Å²) in [5.74, 6) is 0.723. The van der Waals surface area contributed by atoms with Crippen molar-refractivity contribution >= 4 is 22.9 Å². The average Bonchev–Trinajstić information content (AvgIpc) is 2.44. The fraction of sp³-hybridized carbons (Fsp3) is 0.625. The summed E-state index contributed by atoms with van der Waals surface area (Å²) in [5, 5.41) is 3.55. The fourth-order valence-corrected chi connectivity index (χ4v) is 3.30. The number of hydrogen-bond acceptors (Lipinski definition) is 4. The maximum Gasteiger partial charge on any atom is 0.107 e. The van der Waals surface area contributed by atoms with Gasteiger partial charge in [0.2, 0.25) is 0 Å². The van der Waals surface area contributed by atoms with Gasteiger partial charge in [0.15, 0.2) is 0 Å². The lowest BCUT2D eigenvalue weighted by molar-refractivity contribution is 0.198. The predicted molar refractivity (Wildman–Crippen MR) is 92.9 cm³/mol. The zero-order valence-corrected chi connectivity index (χ0v) is 14.1. The first-order valence-electron chi connectivity index (χ1n) is 7.75. The molecule has 1 aliphatic heterocycles. The van der Waals surface area contributed by atoms with Crippen molar-refractivity contribution in [2.24, 2.45) is 11.7 Å². The van der Waals surface area contributed by atoms with E-state index in [4.69, 9.17) is 18.0 Å². The highest BCUT2D eigenvalue weighted by Crippen LogP contribution is 2.22. The van der Waals surface area contributed by atoms with Crippen LogP contribution in [0.15, 0.2) is 6.07 Å². The van der Waals surface area contributed by atoms with E-state index in [1.165, 1.54) is 25.9 Å². The largest absolute Gasteiger partial charge is 0.389 e. The van der Waals surface area contributed by atoms with Crippen LogP contribution in [0.3, 0.4) is 0 Å². The Kier molecular flexibility index (Phi) is 5.53. The molecule has 2 heterocycles. The minimum absolute atomic E-state index is 0.420. The lowest BCUT2D eigenvalue weighted by atomic mass is 9.96. The van der Waals surface area contributed by atoms with Crippen LogP contribution in [0.5, 0.6) is 0 Å². The Morgan fingerprint density at radius 1 is 1.43 bits per heavy atom. The Morgan fingerprint density at radius 3 is 2.67 bits per heavy atom. The molecule has 0 bridgehead atoms. The third-order valence-electron chi connectivity index (χ3n) is 4.31. The molecule has 21 heavy (non-hydrogen) atoms.